The Labute approximate surface area is 82.8 Å². The normalized spacial score (nSPS) is 21.9. The predicted molar refractivity (Wildman–Crippen MR) is 56.0 cm³/mol. The molecule has 1 fully saturated rings. The van der Waals surface area contributed by atoms with Crippen molar-refractivity contribution >= 4 is 11.0 Å². The van der Waals surface area contributed by atoms with Crippen molar-refractivity contribution in [3.63, 3.8) is 0 Å². The number of imidazole rings is 1. The van der Waals surface area contributed by atoms with E-state index in [9.17, 15) is 0 Å². The molecule has 1 aromatic heterocycles. The maximum Gasteiger partial charge on any atom is 0.0971 e. The van der Waals surface area contributed by atoms with E-state index >= 15 is 0 Å². The average Bonchev–Trinajstić information content (AvgIpc) is 2.85. The first-order valence-electron chi connectivity index (χ1n) is 5.10. The smallest absolute Gasteiger partial charge is 0.0971 e. The minimum atomic E-state index is 0.447. The molecular weight excluding hydrogens is 174 g/mol. The minimum Gasteiger partial charge on any atom is -0.314 e. The molecule has 1 aliphatic rings. The molecule has 1 aliphatic heterocycles. The van der Waals surface area contributed by atoms with Gasteiger partial charge in [-0.25, -0.2) is 4.98 Å². The zero-order valence-electron chi connectivity index (χ0n) is 7.98. The minimum absolute atomic E-state index is 0.447. The lowest BCUT2D eigenvalue weighted by Crippen LogP contribution is -2.18. The van der Waals surface area contributed by atoms with Crippen molar-refractivity contribution in [3.8, 4) is 0 Å². The van der Waals surface area contributed by atoms with Crippen molar-refractivity contribution in [3.05, 3.63) is 30.6 Å². The monoisotopic (exact) mass is 187 g/mol. The molecule has 1 atom stereocenters. The summed E-state index contributed by atoms with van der Waals surface area (Å²) in [5.74, 6) is 0. The fourth-order valence-electron chi connectivity index (χ4n) is 2.13. The Morgan fingerprint density at radius 1 is 1.36 bits per heavy atom. The van der Waals surface area contributed by atoms with Gasteiger partial charge in [0.05, 0.1) is 23.5 Å². The van der Waals surface area contributed by atoms with E-state index in [1.54, 1.807) is 0 Å². The highest BCUT2D eigenvalue weighted by Crippen LogP contribution is 2.21. The van der Waals surface area contributed by atoms with E-state index in [0.717, 1.165) is 12.1 Å². The molecule has 1 saturated heterocycles. The van der Waals surface area contributed by atoms with Crippen LogP contribution in [0.5, 0.6) is 0 Å². The number of hydrogen-bond acceptors (Lipinski definition) is 2. The second kappa shape index (κ2) is 3.10. The molecule has 2 aromatic rings. The van der Waals surface area contributed by atoms with Gasteiger partial charge in [-0.05, 0) is 31.5 Å². The molecule has 0 bridgehead atoms. The van der Waals surface area contributed by atoms with E-state index < -0.39 is 0 Å². The second-order valence-corrected chi connectivity index (χ2v) is 3.75. The highest BCUT2D eigenvalue weighted by atomic mass is 15.2. The van der Waals surface area contributed by atoms with Gasteiger partial charge in [-0.15, -0.1) is 0 Å². The lowest BCUT2D eigenvalue weighted by Gasteiger charge is -2.12. The van der Waals surface area contributed by atoms with Gasteiger partial charge in [0.25, 0.3) is 0 Å². The van der Waals surface area contributed by atoms with Gasteiger partial charge < -0.3 is 4.57 Å². The van der Waals surface area contributed by atoms with E-state index in [0.29, 0.717) is 6.17 Å². The Bertz CT molecular complexity index is 440. The Kier molecular flexibility index (Phi) is 1.77. The Morgan fingerprint density at radius 2 is 2.29 bits per heavy atom. The quantitative estimate of drug-likeness (QED) is 0.739. The number of fused-ring (bicyclic) bond motifs is 1. The Balaban J connectivity index is 2.11. The van der Waals surface area contributed by atoms with E-state index in [4.69, 9.17) is 0 Å². The molecule has 0 aliphatic carbocycles. The van der Waals surface area contributed by atoms with Crippen LogP contribution in [0, 0.1) is 0 Å². The zero-order chi connectivity index (χ0) is 9.38. The fraction of sp³-hybridized carbons (Fsp3) is 0.364. The van der Waals surface area contributed by atoms with Gasteiger partial charge in [0, 0.05) is 0 Å². The molecule has 14 heavy (non-hydrogen) atoms. The van der Waals surface area contributed by atoms with Crippen LogP contribution < -0.4 is 5.32 Å². The third-order valence-corrected chi connectivity index (χ3v) is 2.85. The molecule has 0 unspecified atom stereocenters. The highest BCUT2D eigenvalue weighted by Gasteiger charge is 2.17. The molecule has 3 heteroatoms. The van der Waals surface area contributed by atoms with Crippen molar-refractivity contribution in [2.45, 2.75) is 19.0 Å². The molecule has 0 amide bonds. The molecule has 3 nitrogen and oxygen atoms in total. The SMILES string of the molecule is c1ccc2c(c1)ncn2[C@H]1CCCN1. The molecular formula is C11H13N3. The molecule has 72 valence electrons. The summed E-state index contributed by atoms with van der Waals surface area (Å²) in [4.78, 5) is 4.39. The van der Waals surface area contributed by atoms with Gasteiger partial charge in [-0.3, -0.25) is 5.32 Å². The summed E-state index contributed by atoms with van der Waals surface area (Å²) >= 11 is 0. The topological polar surface area (TPSA) is 29.9 Å². The van der Waals surface area contributed by atoms with Crippen LogP contribution in [0.1, 0.15) is 19.0 Å². The third kappa shape index (κ3) is 1.13. The summed E-state index contributed by atoms with van der Waals surface area (Å²) in [7, 11) is 0. The molecule has 0 radical (unpaired) electrons. The predicted octanol–water partition coefficient (Wildman–Crippen LogP) is 1.92. The van der Waals surface area contributed by atoms with Crippen LogP contribution in [-0.4, -0.2) is 16.1 Å². The van der Waals surface area contributed by atoms with Crippen LogP contribution in [0.4, 0.5) is 0 Å². The van der Waals surface area contributed by atoms with Crippen LogP contribution in [0.2, 0.25) is 0 Å². The Hall–Kier alpha value is -1.35. The number of benzene rings is 1. The largest absolute Gasteiger partial charge is 0.314 e. The molecule has 1 N–H and O–H groups in total. The summed E-state index contributed by atoms with van der Waals surface area (Å²) in [5, 5.41) is 3.47. The van der Waals surface area contributed by atoms with E-state index in [2.05, 4.69) is 33.1 Å². The van der Waals surface area contributed by atoms with Crippen molar-refractivity contribution in [1.82, 2.24) is 14.9 Å². The van der Waals surface area contributed by atoms with Crippen molar-refractivity contribution in [1.29, 1.82) is 0 Å². The number of rotatable bonds is 1. The zero-order valence-corrected chi connectivity index (χ0v) is 7.98. The van der Waals surface area contributed by atoms with Crippen molar-refractivity contribution in [2.75, 3.05) is 6.54 Å². The highest BCUT2D eigenvalue weighted by molar-refractivity contribution is 5.75. The van der Waals surface area contributed by atoms with Crippen LogP contribution >= 0.6 is 0 Å². The maximum atomic E-state index is 4.39. The molecule has 3 rings (SSSR count). The lowest BCUT2D eigenvalue weighted by molar-refractivity contribution is 0.481. The van der Waals surface area contributed by atoms with Crippen LogP contribution in [-0.2, 0) is 0 Å². The average molecular weight is 187 g/mol. The van der Waals surface area contributed by atoms with Crippen LogP contribution in [0.15, 0.2) is 30.6 Å². The number of nitrogens with one attached hydrogen (secondary N) is 1. The molecule has 1 aromatic carbocycles. The van der Waals surface area contributed by atoms with E-state index in [-0.39, 0.29) is 0 Å². The van der Waals surface area contributed by atoms with Crippen LogP contribution in [0.25, 0.3) is 11.0 Å². The van der Waals surface area contributed by atoms with Gasteiger partial charge in [0.2, 0.25) is 0 Å². The first kappa shape index (κ1) is 8.00. The summed E-state index contributed by atoms with van der Waals surface area (Å²) in [5.41, 5.74) is 2.31. The number of para-hydroxylation sites is 2. The Morgan fingerprint density at radius 3 is 3.14 bits per heavy atom. The van der Waals surface area contributed by atoms with E-state index in [1.807, 2.05) is 12.4 Å². The maximum absolute atomic E-state index is 4.39. The molecule has 0 saturated carbocycles. The summed E-state index contributed by atoms with van der Waals surface area (Å²) in [6.07, 6.45) is 4.85. The number of hydrogen-bond donors (Lipinski definition) is 1. The van der Waals surface area contributed by atoms with Crippen LogP contribution in [0.3, 0.4) is 0 Å². The van der Waals surface area contributed by atoms with Crippen molar-refractivity contribution < 1.29 is 0 Å². The van der Waals surface area contributed by atoms with Gasteiger partial charge in [0.15, 0.2) is 0 Å². The lowest BCUT2D eigenvalue weighted by atomic mass is 10.3. The van der Waals surface area contributed by atoms with Crippen molar-refractivity contribution in [2.24, 2.45) is 0 Å². The van der Waals surface area contributed by atoms with Gasteiger partial charge in [-0.1, -0.05) is 12.1 Å². The number of aromatic nitrogens is 2. The number of nitrogens with zero attached hydrogens (tertiary/aromatic N) is 2. The summed E-state index contributed by atoms with van der Waals surface area (Å²) in [6.45, 7) is 1.12. The van der Waals surface area contributed by atoms with Gasteiger partial charge in [-0.2, -0.15) is 0 Å². The van der Waals surface area contributed by atoms with Gasteiger partial charge >= 0.3 is 0 Å². The van der Waals surface area contributed by atoms with E-state index in [1.165, 1.54) is 18.4 Å². The standard InChI is InChI=1S/C11H13N3/c1-2-5-10-9(4-1)13-8-14(10)11-6-3-7-12-11/h1-2,4-5,8,11-12H,3,6-7H2/t11-/m0/s1. The first-order valence-corrected chi connectivity index (χ1v) is 5.10. The first-order chi connectivity index (χ1) is 6.95. The molecule has 2 heterocycles. The second-order valence-electron chi connectivity index (χ2n) is 3.75. The summed E-state index contributed by atoms with van der Waals surface area (Å²) in [6, 6.07) is 8.28. The fourth-order valence-corrected chi connectivity index (χ4v) is 2.13. The molecule has 0 spiro atoms. The van der Waals surface area contributed by atoms with Gasteiger partial charge in [0.1, 0.15) is 0 Å². The summed E-state index contributed by atoms with van der Waals surface area (Å²) < 4.78 is 2.24. The third-order valence-electron chi connectivity index (χ3n) is 2.85.